The van der Waals surface area contributed by atoms with Gasteiger partial charge in [-0.15, -0.1) is 11.3 Å². The van der Waals surface area contributed by atoms with Gasteiger partial charge in [-0.1, -0.05) is 54.7 Å². The van der Waals surface area contributed by atoms with Gasteiger partial charge in [0.1, 0.15) is 5.75 Å². The summed E-state index contributed by atoms with van der Waals surface area (Å²) in [6.45, 7) is 2.68. The highest BCUT2D eigenvalue weighted by Crippen LogP contribution is 2.27. The number of hydrogen-bond acceptors (Lipinski definition) is 4. The number of hydrogen-bond donors (Lipinski definition) is 1. The Balaban J connectivity index is 1.67. The van der Waals surface area contributed by atoms with Gasteiger partial charge in [0.15, 0.2) is 5.13 Å². The maximum Gasteiger partial charge on any atom is 0.261 e. The predicted octanol–water partition coefficient (Wildman–Crippen LogP) is 6.47. The van der Waals surface area contributed by atoms with Crippen molar-refractivity contribution >= 4 is 45.6 Å². The van der Waals surface area contributed by atoms with Crippen molar-refractivity contribution in [3.63, 3.8) is 0 Å². The fraction of sp³-hybridized carbons (Fsp3) is 0.238. The minimum atomic E-state index is -0.238. The first-order valence-corrected chi connectivity index (χ1v) is 10.6. The molecule has 4 nitrogen and oxygen atoms in total. The van der Waals surface area contributed by atoms with Crippen molar-refractivity contribution in [1.82, 2.24) is 4.98 Å². The van der Waals surface area contributed by atoms with Crippen LogP contribution in [0.4, 0.5) is 5.13 Å². The number of anilines is 1. The van der Waals surface area contributed by atoms with Crippen molar-refractivity contribution in [2.75, 3.05) is 11.9 Å². The number of thiazole rings is 1. The lowest BCUT2D eigenvalue weighted by Crippen LogP contribution is -2.13. The highest BCUT2D eigenvalue weighted by Gasteiger charge is 2.14. The number of nitrogens with zero attached hydrogens (tertiary/aromatic N) is 1. The van der Waals surface area contributed by atoms with Crippen LogP contribution in [0.3, 0.4) is 0 Å². The topological polar surface area (TPSA) is 51.2 Å². The third-order valence-corrected chi connectivity index (χ3v) is 5.54. The number of benzene rings is 2. The molecule has 3 rings (SSSR count). The highest BCUT2D eigenvalue weighted by molar-refractivity contribution is 7.15. The van der Waals surface area contributed by atoms with Crippen LogP contribution in [0.5, 0.6) is 5.75 Å². The number of ether oxygens (including phenoxy) is 1. The lowest BCUT2D eigenvalue weighted by atomic mass is 10.1. The molecule has 28 heavy (non-hydrogen) atoms. The zero-order chi connectivity index (χ0) is 19.9. The first-order valence-electron chi connectivity index (χ1n) is 8.98. The molecule has 0 aliphatic rings. The van der Waals surface area contributed by atoms with Gasteiger partial charge in [-0.3, -0.25) is 10.1 Å². The quantitative estimate of drug-likeness (QED) is 0.413. The molecule has 0 aliphatic heterocycles. The number of carbonyl (C=O) groups is 1. The van der Waals surface area contributed by atoms with Crippen molar-refractivity contribution in [2.24, 2.45) is 0 Å². The molecule has 1 aromatic heterocycles. The highest BCUT2D eigenvalue weighted by atomic mass is 35.5. The number of amides is 1. The molecule has 0 saturated carbocycles. The molecule has 0 aliphatic carbocycles. The Kier molecular flexibility index (Phi) is 7.31. The molecule has 0 atom stereocenters. The molecule has 2 aromatic carbocycles. The van der Waals surface area contributed by atoms with Crippen molar-refractivity contribution in [3.05, 3.63) is 74.7 Å². The van der Waals surface area contributed by atoms with Crippen molar-refractivity contribution in [2.45, 2.75) is 26.2 Å². The minimum Gasteiger partial charge on any atom is -0.493 e. The summed E-state index contributed by atoms with van der Waals surface area (Å²) >= 11 is 13.6. The summed E-state index contributed by atoms with van der Waals surface area (Å²) in [7, 11) is 0. The Morgan fingerprint density at radius 2 is 2.04 bits per heavy atom. The van der Waals surface area contributed by atoms with Gasteiger partial charge < -0.3 is 4.74 Å². The van der Waals surface area contributed by atoms with E-state index in [4.69, 9.17) is 27.9 Å². The van der Waals surface area contributed by atoms with Crippen LogP contribution in [0.1, 0.15) is 40.6 Å². The van der Waals surface area contributed by atoms with Crippen molar-refractivity contribution < 1.29 is 9.53 Å². The third-order valence-electron chi connectivity index (χ3n) is 4.04. The van der Waals surface area contributed by atoms with Gasteiger partial charge in [0, 0.05) is 27.5 Å². The van der Waals surface area contributed by atoms with E-state index >= 15 is 0 Å². The summed E-state index contributed by atoms with van der Waals surface area (Å²) in [5.41, 5.74) is 1.46. The Morgan fingerprint density at radius 3 is 2.82 bits per heavy atom. The molecule has 0 fully saturated rings. The summed E-state index contributed by atoms with van der Waals surface area (Å²) in [6.07, 6.45) is 4.35. The van der Waals surface area contributed by atoms with E-state index in [0.717, 1.165) is 23.3 Å². The number of carbonyl (C=O) groups excluding carboxylic acids is 1. The van der Waals surface area contributed by atoms with Crippen LogP contribution in [-0.2, 0) is 6.42 Å². The maximum absolute atomic E-state index is 12.7. The molecule has 7 heteroatoms. The molecule has 0 radical (unpaired) electrons. The van der Waals surface area contributed by atoms with Crippen LogP contribution < -0.4 is 10.1 Å². The van der Waals surface area contributed by atoms with E-state index in [1.807, 2.05) is 24.3 Å². The van der Waals surface area contributed by atoms with Crippen LogP contribution in [0.15, 0.2) is 48.7 Å². The standard InChI is InChI=1S/C21H20Cl2N2O2S/c1-2-3-10-27-19-7-5-4-6-17(19)20(26)25-21-24-13-16(28-21)11-14-8-9-15(22)12-18(14)23/h4-9,12-13H,2-3,10-11H2,1H3,(H,24,25,26). The number of para-hydroxylation sites is 1. The van der Waals surface area contributed by atoms with E-state index in [1.165, 1.54) is 11.3 Å². The van der Waals surface area contributed by atoms with Crippen LogP contribution in [-0.4, -0.2) is 17.5 Å². The fourth-order valence-electron chi connectivity index (χ4n) is 2.57. The lowest BCUT2D eigenvalue weighted by Gasteiger charge is -2.10. The lowest BCUT2D eigenvalue weighted by molar-refractivity contribution is 0.102. The third kappa shape index (κ3) is 5.47. The predicted molar refractivity (Wildman–Crippen MR) is 116 cm³/mol. The normalized spacial score (nSPS) is 10.7. The zero-order valence-electron chi connectivity index (χ0n) is 15.4. The first kappa shape index (κ1) is 20.6. The molecule has 3 aromatic rings. The smallest absolute Gasteiger partial charge is 0.261 e. The van der Waals surface area contributed by atoms with Gasteiger partial charge in [-0.05, 0) is 36.2 Å². The Bertz CT molecular complexity index is 959. The van der Waals surface area contributed by atoms with Crippen LogP contribution in [0.25, 0.3) is 0 Å². The molecule has 1 amide bonds. The largest absolute Gasteiger partial charge is 0.493 e. The number of unbranched alkanes of at least 4 members (excludes halogenated alkanes) is 1. The Morgan fingerprint density at radius 1 is 1.21 bits per heavy atom. The monoisotopic (exact) mass is 434 g/mol. The van der Waals surface area contributed by atoms with Crippen molar-refractivity contribution in [3.8, 4) is 5.75 Å². The average molecular weight is 435 g/mol. The van der Waals surface area contributed by atoms with Gasteiger partial charge in [0.05, 0.1) is 12.2 Å². The van der Waals surface area contributed by atoms with E-state index in [-0.39, 0.29) is 5.91 Å². The number of nitrogens with one attached hydrogen (secondary N) is 1. The summed E-state index contributed by atoms with van der Waals surface area (Å²) in [5, 5.41) is 4.61. The van der Waals surface area contributed by atoms with Gasteiger partial charge in [-0.25, -0.2) is 4.98 Å². The van der Waals surface area contributed by atoms with E-state index in [1.54, 1.807) is 24.4 Å². The fourth-order valence-corrected chi connectivity index (χ4v) is 3.88. The van der Waals surface area contributed by atoms with Crippen molar-refractivity contribution in [1.29, 1.82) is 0 Å². The Labute approximate surface area is 178 Å². The second-order valence-corrected chi connectivity index (χ2v) is 8.16. The van der Waals surface area contributed by atoms with Crippen LogP contribution in [0.2, 0.25) is 10.0 Å². The van der Waals surface area contributed by atoms with E-state index in [2.05, 4.69) is 17.2 Å². The minimum absolute atomic E-state index is 0.238. The number of halogens is 2. The van der Waals surface area contributed by atoms with Crippen LogP contribution in [0, 0.1) is 0 Å². The summed E-state index contributed by atoms with van der Waals surface area (Å²) < 4.78 is 5.74. The Hall–Kier alpha value is -2.08. The molecule has 0 bridgehead atoms. The van der Waals surface area contributed by atoms with Gasteiger partial charge in [0.25, 0.3) is 5.91 Å². The molecule has 1 N–H and O–H groups in total. The zero-order valence-corrected chi connectivity index (χ0v) is 17.7. The number of rotatable bonds is 8. The molecule has 0 spiro atoms. The summed E-state index contributed by atoms with van der Waals surface area (Å²) in [4.78, 5) is 18.0. The molecule has 146 valence electrons. The SMILES string of the molecule is CCCCOc1ccccc1C(=O)Nc1ncc(Cc2ccc(Cl)cc2Cl)s1. The molecule has 0 saturated heterocycles. The van der Waals surface area contributed by atoms with Crippen LogP contribution >= 0.6 is 34.5 Å². The second kappa shape index (κ2) is 9.92. The summed E-state index contributed by atoms with van der Waals surface area (Å²) in [6, 6.07) is 12.7. The van der Waals surface area contributed by atoms with E-state index < -0.39 is 0 Å². The second-order valence-electron chi connectivity index (χ2n) is 6.20. The molecule has 0 unspecified atom stereocenters. The molecular weight excluding hydrogens is 415 g/mol. The summed E-state index contributed by atoms with van der Waals surface area (Å²) in [5.74, 6) is 0.343. The first-order chi connectivity index (χ1) is 13.6. The number of aromatic nitrogens is 1. The average Bonchev–Trinajstić information content (AvgIpc) is 3.11. The molecular formula is C21H20Cl2N2O2S. The van der Waals surface area contributed by atoms with Gasteiger partial charge in [-0.2, -0.15) is 0 Å². The van der Waals surface area contributed by atoms with E-state index in [0.29, 0.717) is 39.5 Å². The van der Waals surface area contributed by atoms with Gasteiger partial charge in [0.2, 0.25) is 0 Å². The van der Waals surface area contributed by atoms with Gasteiger partial charge >= 0.3 is 0 Å². The van der Waals surface area contributed by atoms with E-state index in [9.17, 15) is 4.79 Å². The maximum atomic E-state index is 12.7. The molecule has 1 heterocycles.